The Balaban J connectivity index is 2.27. The van der Waals surface area contributed by atoms with E-state index in [1.807, 2.05) is 25.1 Å². The summed E-state index contributed by atoms with van der Waals surface area (Å²) in [6.45, 7) is 8.33. The van der Waals surface area contributed by atoms with Crippen LogP contribution in [-0.4, -0.2) is 5.91 Å². The molecule has 0 aliphatic heterocycles. The number of thiophene rings is 1. The van der Waals surface area contributed by atoms with Crippen molar-refractivity contribution in [2.24, 2.45) is 0 Å². The topological polar surface area (TPSA) is 29.1 Å². The molecule has 0 unspecified atom stereocenters. The van der Waals surface area contributed by atoms with Crippen LogP contribution in [0.25, 0.3) is 0 Å². The van der Waals surface area contributed by atoms with E-state index in [1.165, 1.54) is 16.0 Å². The number of carbonyl (C=O) groups excluding carboxylic acids is 1. The van der Waals surface area contributed by atoms with Gasteiger partial charge in [0.05, 0.1) is 4.88 Å². The van der Waals surface area contributed by atoms with Crippen LogP contribution in [0.4, 0.5) is 5.69 Å². The summed E-state index contributed by atoms with van der Waals surface area (Å²) in [6, 6.07) is 8.13. The molecule has 0 atom stereocenters. The van der Waals surface area contributed by atoms with E-state index < -0.39 is 0 Å². The number of hydrogen-bond acceptors (Lipinski definition) is 2. The van der Waals surface area contributed by atoms with E-state index in [9.17, 15) is 4.79 Å². The summed E-state index contributed by atoms with van der Waals surface area (Å²) in [4.78, 5) is 14.5. The van der Waals surface area contributed by atoms with Crippen molar-refractivity contribution in [2.45, 2.75) is 40.5 Å². The van der Waals surface area contributed by atoms with Gasteiger partial charge in [-0.1, -0.05) is 32.0 Å². The molecule has 0 saturated heterocycles. The van der Waals surface area contributed by atoms with Crippen molar-refractivity contribution in [3.8, 4) is 0 Å². The third kappa shape index (κ3) is 2.93. The van der Waals surface area contributed by atoms with Gasteiger partial charge in [0.1, 0.15) is 0 Å². The van der Waals surface area contributed by atoms with E-state index in [0.29, 0.717) is 0 Å². The van der Waals surface area contributed by atoms with E-state index in [1.54, 1.807) is 11.3 Å². The normalized spacial score (nSPS) is 10.6. The third-order valence-corrected chi connectivity index (χ3v) is 4.92. The van der Waals surface area contributed by atoms with Gasteiger partial charge in [-0.05, 0) is 49.4 Å². The van der Waals surface area contributed by atoms with Crippen molar-refractivity contribution in [1.29, 1.82) is 0 Å². The first-order valence-electron chi connectivity index (χ1n) is 7.06. The zero-order valence-electron chi connectivity index (χ0n) is 12.5. The van der Waals surface area contributed by atoms with Crippen LogP contribution < -0.4 is 5.32 Å². The summed E-state index contributed by atoms with van der Waals surface area (Å²) in [5, 5.41) is 3.08. The van der Waals surface area contributed by atoms with Gasteiger partial charge in [-0.3, -0.25) is 4.79 Å². The molecule has 0 radical (unpaired) electrons. The Morgan fingerprint density at radius 1 is 1.15 bits per heavy atom. The Morgan fingerprint density at radius 2 is 1.90 bits per heavy atom. The molecule has 0 aliphatic rings. The van der Waals surface area contributed by atoms with Gasteiger partial charge in [0.25, 0.3) is 5.91 Å². The Kier molecular flexibility index (Phi) is 4.61. The van der Waals surface area contributed by atoms with Gasteiger partial charge < -0.3 is 5.32 Å². The maximum absolute atomic E-state index is 12.4. The summed E-state index contributed by atoms with van der Waals surface area (Å²) in [5.74, 6) is 0.00167. The number of amides is 1. The second kappa shape index (κ2) is 6.23. The predicted molar refractivity (Wildman–Crippen MR) is 86.9 cm³/mol. The number of para-hydroxylation sites is 1. The predicted octanol–water partition coefficient (Wildman–Crippen LogP) is 4.74. The molecular weight excluding hydrogens is 266 g/mol. The molecule has 0 aliphatic carbocycles. The van der Waals surface area contributed by atoms with Crippen LogP contribution in [0.2, 0.25) is 0 Å². The van der Waals surface area contributed by atoms with Crippen LogP contribution in [0.1, 0.15) is 45.1 Å². The lowest BCUT2D eigenvalue weighted by Gasteiger charge is -2.12. The fourth-order valence-corrected chi connectivity index (χ4v) is 3.37. The quantitative estimate of drug-likeness (QED) is 0.864. The fraction of sp³-hybridized carbons (Fsp3) is 0.353. The molecule has 0 spiro atoms. The average Bonchev–Trinajstić information content (AvgIpc) is 2.82. The van der Waals surface area contributed by atoms with Crippen LogP contribution in [0.3, 0.4) is 0 Å². The molecule has 2 rings (SSSR count). The van der Waals surface area contributed by atoms with Crippen molar-refractivity contribution in [2.75, 3.05) is 5.32 Å². The highest BCUT2D eigenvalue weighted by molar-refractivity contribution is 7.14. The molecule has 0 saturated carbocycles. The molecule has 2 nitrogen and oxygen atoms in total. The van der Waals surface area contributed by atoms with Gasteiger partial charge >= 0.3 is 0 Å². The van der Waals surface area contributed by atoms with Gasteiger partial charge in [0.2, 0.25) is 0 Å². The van der Waals surface area contributed by atoms with Gasteiger partial charge in [0.15, 0.2) is 0 Å². The van der Waals surface area contributed by atoms with Gasteiger partial charge in [-0.15, -0.1) is 11.3 Å². The van der Waals surface area contributed by atoms with Crippen LogP contribution in [0.5, 0.6) is 0 Å². The summed E-state index contributed by atoms with van der Waals surface area (Å²) in [6.07, 6.45) is 1.90. The molecular formula is C17H21NOS. The Bertz CT molecular complexity index is 628. The molecule has 1 N–H and O–H groups in total. The zero-order chi connectivity index (χ0) is 14.7. The molecule has 106 valence electrons. The molecule has 2 aromatic rings. The van der Waals surface area contributed by atoms with Crippen LogP contribution in [0, 0.1) is 13.8 Å². The molecule has 20 heavy (non-hydrogen) atoms. The first-order valence-corrected chi connectivity index (χ1v) is 7.87. The first-order chi connectivity index (χ1) is 9.56. The minimum Gasteiger partial charge on any atom is -0.321 e. The number of hydrogen-bond donors (Lipinski definition) is 1. The summed E-state index contributed by atoms with van der Waals surface area (Å²) < 4.78 is 0. The minimum atomic E-state index is 0.00167. The van der Waals surface area contributed by atoms with Crippen molar-refractivity contribution in [3.63, 3.8) is 0 Å². The van der Waals surface area contributed by atoms with Crippen LogP contribution >= 0.6 is 11.3 Å². The maximum Gasteiger partial charge on any atom is 0.265 e. The third-order valence-electron chi connectivity index (χ3n) is 3.54. The largest absolute Gasteiger partial charge is 0.321 e. The molecule has 1 heterocycles. The molecule has 1 aromatic heterocycles. The standard InChI is InChI=1S/C17H21NOS/c1-5-13-9-7-8-11(3)16(13)18-17(19)15-10-12(4)14(6-2)20-15/h7-10H,5-6H2,1-4H3,(H,18,19). The number of nitrogens with one attached hydrogen (secondary N) is 1. The van der Waals surface area contributed by atoms with Crippen molar-refractivity contribution >= 4 is 22.9 Å². The average molecular weight is 287 g/mol. The minimum absolute atomic E-state index is 0.00167. The summed E-state index contributed by atoms with van der Waals surface area (Å²) in [7, 11) is 0. The fourth-order valence-electron chi connectivity index (χ4n) is 2.36. The van der Waals surface area contributed by atoms with Gasteiger partial charge in [-0.25, -0.2) is 0 Å². The number of aryl methyl sites for hydroxylation is 4. The maximum atomic E-state index is 12.4. The Hall–Kier alpha value is -1.61. The first kappa shape index (κ1) is 14.8. The molecule has 1 amide bonds. The van der Waals surface area contributed by atoms with Crippen LogP contribution in [-0.2, 0) is 12.8 Å². The summed E-state index contributed by atoms with van der Waals surface area (Å²) >= 11 is 1.59. The van der Waals surface area contributed by atoms with Crippen molar-refractivity contribution in [1.82, 2.24) is 0 Å². The molecule has 0 bridgehead atoms. The second-order valence-electron chi connectivity index (χ2n) is 4.99. The number of carbonyl (C=O) groups is 1. The van der Waals surface area contributed by atoms with Crippen molar-refractivity contribution < 1.29 is 4.79 Å². The van der Waals surface area contributed by atoms with Crippen molar-refractivity contribution in [3.05, 3.63) is 50.7 Å². The van der Waals surface area contributed by atoms with E-state index in [-0.39, 0.29) is 5.91 Å². The second-order valence-corrected chi connectivity index (χ2v) is 6.12. The monoisotopic (exact) mass is 287 g/mol. The SMILES string of the molecule is CCc1cccc(C)c1NC(=O)c1cc(C)c(CC)s1. The van der Waals surface area contributed by atoms with Crippen LogP contribution in [0.15, 0.2) is 24.3 Å². The molecule has 0 fully saturated rings. The lowest BCUT2D eigenvalue weighted by Crippen LogP contribution is -2.12. The highest BCUT2D eigenvalue weighted by atomic mass is 32.1. The van der Waals surface area contributed by atoms with E-state index in [2.05, 4.69) is 32.2 Å². The van der Waals surface area contributed by atoms with Gasteiger partial charge in [-0.2, -0.15) is 0 Å². The number of anilines is 1. The van der Waals surface area contributed by atoms with E-state index in [4.69, 9.17) is 0 Å². The lowest BCUT2D eigenvalue weighted by atomic mass is 10.1. The number of rotatable bonds is 4. The lowest BCUT2D eigenvalue weighted by molar-refractivity contribution is 0.103. The highest BCUT2D eigenvalue weighted by Crippen LogP contribution is 2.26. The van der Waals surface area contributed by atoms with E-state index >= 15 is 0 Å². The summed E-state index contributed by atoms with van der Waals surface area (Å²) in [5.41, 5.74) is 4.47. The van der Waals surface area contributed by atoms with Gasteiger partial charge in [0, 0.05) is 10.6 Å². The van der Waals surface area contributed by atoms with E-state index in [0.717, 1.165) is 29.0 Å². The Labute approximate surface area is 124 Å². The Morgan fingerprint density at radius 3 is 2.50 bits per heavy atom. The zero-order valence-corrected chi connectivity index (χ0v) is 13.4. The highest BCUT2D eigenvalue weighted by Gasteiger charge is 2.14. The smallest absolute Gasteiger partial charge is 0.265 e. The molecule has 3 heteroatoms. The molecule has 1 aromatic carbocycles. The number of benzene rings is 1.